The van der Waals surface area contributed by atoms with Crippen LogP contribution in [0.1, 0.15) is 6.92 Å². The Morgan fingerprint density at radius 1 is 1.14 bits per heavy atom. The molecule has 0 aromatic heterocycles. The highest BCUT2D eigenvalue weighted by atomic mass is 16.3. The Bertz CT molecular complexity index is 259. The molecule has 0 fully saturated rings. The summed E-state index contributed by atoms with van der Waals surface area (Å²) in [5, 5.41) is 11.5. The molecule has 1 amide bonds. The smallest absolute Gasteiger partial charge is 0.221 e. The van der Waals surface area contributed by atoms with E-state index in [9.17, 15) is 4.79 Å². The minimum atomic E-state index is -0.115. The van der Waals surface area contributed by atoms with E-state index in [-0.39, 0.29) is 28.1 Å². The molecule has 1 aromatic rings. The van der Waals surface area contributed by atoms with Gasteiger partial charge in [0, 0.05) is 12.6 Å². The van der Waals surface area contributed by atoms with Gasteiger partial charge in [-0.1, -0.05) is 0 Å². The van der Waals surface area contributed by atoms with Crippen LogP contribution >= 0.6 is 0 Å². The zero-order valence-corrected chi connectivity index (χ0v) is 7.66. The van der Waals surface area contributed by atoms with Crippen LogP contribution in [0.25, 0.3) is 0 Å². The largest absolute Gasteiger partial charge is 0.508 e. The van der Waals surface area contributed by atoms with Gasteiger partial charge >= 0.3 is 0 Å². The number of anilines is 1. The third-order valence-electron chi connectivity index (χ3n) is 1.19. The second kappa shape index (κ2) is 7.99. The average Bonchev–Trinajstić information content (AvgIpc) is 1.93. The van der Waals surface area contributed by atoms with E-state index in [2.05, 4.69) is 5.32 Å². The van der Waals surface area contributed by atoms with Crippen molar-refractivity contribution in [3.05, 3.63) is 24.3 Å². The maximum atomic E-state index is 10.5. The van der Waals surface area contributed by atoms with Crippen molar-refractivity contribution in [1.82, 2.24) is 0 Å². The van der Waals surface area contributed by atoms with E-state index in [4.69, 9.17) is 5.11 Å². The van der Waals surface area contributed by atoms with Crippen molar-refractivity contribution in [2.45, 2.75) is 6.92 Å². The molecule has 8 N–H and O–H groups in total. The molecule has 0 aliphatic carbocycles. The molecule has 0 aliphatic rings. The third kappa shape index (κ3) is 5.95. The van der Waals surface area contributed by atoms with Gasteiger partial charge in [0.1, 0.15) is 5.75 Å². The van der Waals surface area contributed by atoms with Crippen LogP contribution in [0.15, 0.2) is 24.3 Å². The Morgan fingerprint density at radius 2 is 1.57 bits per heavy atom. The summed E-state index contributed by atoms with van der Waals surface area (Å²) in [6.07, 6.45) is 0. The Labute approximate surface area is 81.1 Å². The summed E-state index contributed by atoms with van der Waals surface area (Å²) < 4.78 is 0. The second-order valence-electron chi connectivity index (χ2n) is 2.23. The van der Waals surface area contributed by atoms with Crippen molar-refractivity contribution in [1.29, 1.82) is 0 Å². The lowest BCUT2D eigenvalue weighted by Crippen LogP contribution is -2.04. The first-order valence-corrected chi connectivity index (χ1v) is 3.25. The van der Waals surface area contributed by atoms with Gasteiger partial charge in [0.25, 0.3) is 0 Å². The van der Waals surface area contributed by atoms with Crippen molar-refractivity contribution in [2.75, 3.05) is 5.32 Å². The molecule has 6 nitrogen and oxygen atoms in total. The minimum Gasteiger partial charge on any atom is -0.508 e. The number of benzene rings is 1. The Hall–Kier alpha value is -1.63. The molecule has 6 heteroatoms. The number of nitrogens with one attached hydrogen (secondary N) is 1. The molecule has 0 spiro atoms. The maximum absolute atomic E-state index is 10.5. The average molecular weight is 205 g/mol. The van der Waals surface area contributed by atoms with E-state index in [1.807, 2.05) is 0 Å². The van der Waals surface area contributed by atoms with Gasteiger partial charge in [-0.3, -0.25) is 4.79 Å². The molecule has 0 aliphatic heterocycles. The fourth-order valence-electron chi connectivity index (χ4n) is 0.748. The molecule has 14 heavy (non-hydrogen) atoms. The number of hydrogen-bond acceptors (Lipinski definition) is 2. The molecule has 0 heterocycles. The second-order valence-corrected chi connectivity index (χ2v) is 2.23. The molecule has 0 radical (unpaired) electrons. The zero-order valence-electron chi connectivity index (χ0n) is 7.66. The molecule has 82 valence electrons. The van der Waals surface area contributed by atoms with Crippen LogP contribution in [0.5, 0.6) is 5.75 Å². The number of aromatic hydroxyl groups is 1. The zero-order chi connectivity index (χ0) is 8.27. The van der Waals surface area contributed by atoms with Gasteiger partial charge in [-0.2, -0.15) is 0 Å². The van der Waals surface area contributed by atoms with Gasteiger partial charge in [-0.05, 0) is 24.3 Å². The topological polar surface area (TPSA) is 144 Å². The lowest BCUT2D eigenvalue weighted by molar-refractivity contribution is -0.114. The van der Waals surface area contributed by atoms with Crippen LogP contribution < -0.4 is 5.32 Å². The predicted molar refractivity (Wildman–Crippen MR) is 53.3 cm³/mol. The summed E-state index contributed by atoms with van der Waals surface area (Å²) in [4.78, 5) is 10.5. The third-order valence-corrected chi connectivity index (χ3v) is 1.19. The lowest BCUT2D eigenvalue weighted by Gasteiger charge is -1.99. The first-order valence-electron chi connectivity index (χ1n) is 3.25. The lowest BCUT2D eigenvalue weighted by atomic mass is 10.3. The molecule has 1 aromatic carbocycles. The summed E-state index contributed by atoms with van der Waals surface area (Å²) in [5.41, 5.74) is 0.690. The molecule has 0 bridgehead atoms. The molecule has 1 rings (SSSR count). The highest BCUT2D eigenvalue weighted by Gasteiger charge is 1.93. The van der Waals surface area contributed by atoms with E-state index < -0.39 is 0 Å². The summed E-state index contributed by atoms with van der Waals surface area (Å²) >= 11 is 0. The SMILES string of the molecule is CC(=O)Nc1ccc(O)cc1.O.O.O. The standard InChI is InChI=1S/C8H9NO2.3H2O/c1-6(10)9-7-2-4-8(11)5-3-7;;;/h2-5,11H,1H3,(H,9,10);3*1H2. The van der Waals surface area contributed by atoms with E-state index in [0.29, 0.717) is 5.69 Å². The van der Waals surface area contributed by atoms with Gasteiger partial charge in [0.2, 0.25) is 5.91 Å². The van der Waals surface area contributed by atoms with Crippen molar-refractivity contribution < 1.29 is 26.3 Å². The summed E-state index contributed by atoms with van der Waals surface area (Å²) in [5.74, 6) is 0.0785. The van der Waals surface area contributed by atoms with E-state index in [0.717, 1.165) is 0 Å². The number of rotatable bonds is 1. The van der Waals surface area contributed by atoms with E-state index in [1.165, 1.54) is 19.1 Å². The van der Waals surface area contributed by atoms with Crippen LogP contribution in [-0.4, -0.2) is 27.4 Å². The van der Waals surface area contributed by atoms with Gasteiger partial charge in [-0.25, -0.2) is 0 Å². The Morgan fingerprint density at radius 3 is 1.93 bits per heavy atom. The number of amides is 1. The first kappa shape index (κ1) is 18.2. The molecular weight excluding hydrogens is 190 g/mol. The fourth-order valence-corrected chi connectivity index (χ4v) is 0.748. The normalized spacial score (nSPS) is 7.21. The Kier molecular flexibility index (Phi) is 10.4. The number of carbonyl (C=O) groups is 1. The number of carbonyl (C=O) groups excluding carboxylic acids is 1. The predicted octanol–water partition coefficient (Wildman–Crippen LogP) is -1.12. The van der Waals surface area contributed by atoms with E-state index >= 15 is 0 Å². The van der Waals surface area contributed by atoms with Crippen molar-refractivity contribution in [2.24, 2.45) is 0 Å². The molecule has 0 saturated carbocycles. The quantitative estimate of drug-likeness (QED) is 0.559. The van der Waals surface area contributed by atoms with E-state index in [1.54, 1.807) is 12.1 Å². The maximum Gasteiger partial charge on any atom is 0.221 e. The van der Waals surface area contributed by atoms with Crippen LogP contribution in [0.2, 0.25) is 0 Å². The first-order chi connectivity index (χ1) is 5.18. The minimum absolute atomic E-state index is 0. The van der Waals surface area contributed by atoms with Crippen molar-refractivity contribution >= 4 is 11.6 Å². The molecule has 0 atom stereocenters. The number of hydrogen-bond donors (Lipinski definition) is 2. The van der Waals surface area contributed by atoms with Crippen LogP contribution in [0.4, 0.5) is 5.69 Å². The molecule has 0 unspecified atom stereocenters. The summed E-state index contributed by atoms with van der Waals surface area (Å²) in [7, 11) is 0. The summed E-state index contributed by atoms with van der Waals surface area (Å²) in [6, 6.07) is 6.31. The van der Waals surface area contributed by atoms with Crippen molar-refractivity contribution in [3.63, 3.8) is 0 Å². The highest BCUT2D eigenvalue weighted by Crippen LogP contribution is 2.13. The molecular formula is C8H15NO5. The Balaban J connectivity index is -0.000000403. The van der Waals surface area contributed by atoms with Gasteiger partial charge in [0.05, 0.1) is 0 Å². The van der Waals surface area contributed by atoms with Gasteiger partial charge in [0.15, 0.2) is 0 Å². The summed E-state index contributed by atoms with van der Waals surface area (Å²) in [6.45, 7) is 1.44. The molecule has 0 saturated heterocycles. The van der Waals surface area contributed by atoms with Crippen molar-refractivity contribution in [3.8, 4) is 5.75 Å². The number of phenolic OH excluding ortho intramolecular Hbond substituents is 1. The highest BCUT2D eigenvalue weighted by molar-refractivity contribution is 5.88. The van der Waals surface area contributed by atoms with Crippen LogP contribution in [-0.2, 0) is 4.79 Å². The van der Waals surface area contributed by atoms with Gasteiger partial charge in [-0.15, -0.1) is 0 Å². The number of phenols is 1. The van der Waals surface area contributed by atoms with Crippen LogP contribution in [0, 0.1) is 0 Å². The fraction of sp³-hybridized carbons (Fsp3) is 0.125. The van der Waals surface area contributed by atoms with Crippen LogP contribution in [0.3, 0.4) is 0 Å². The monoisotopic (exact) mass is 205 g/mol. The van der Waals surface area contributed by atoms with Gasteiger partial charge < -0.3 is 26.9 Å².